The first-order valence-corrected chi connectivity index (χ1v) is 12.6. The number of aryl methyl sites for hydroxylation is 2. The Kier molecular flexibility index (Phi) is 8.23. The summed E-state index contributed by atoms with van der Waals surface area (Å²) in [5, 5.41) is 12.5. The number of sulfonamides is 1. The molecule has 9 heteroatoms. The number of benzene rings is 3. The number of hydrogen-bond donors (Lipinski definition) is 1. The van der Waals surface area contributed by atoms with E-state index < -0.39 is 15.9 Å². The van der Waals surface area contributed by atoms with Crippen molar-refractivity contribution in [2.75, 3.05) is 17.2 Å². The molecular weight excluding hydrogens is 464 g/mol. The Hall–Kier alpha value is -4.16. The number of nitriles is 1. The summed E-state index contributed by atoms with van der Waals surface area (Å²) in [6.07, 6.45) is 2.67. The van der Waals surface area contributed by atoms with Crippen molar-refractivity contribution in [3.63, 3.8) is 0 Å². The van der Waals surface area contributed by atoms with E-state index >= 15 is 0 Å². The first kappa shape index (κ1) is 25.5. The molecule has 1 N–H and O–H groups in total. The lowest BCUT2D eigenvalue weighted by Gasteiger charge is -2.23. The second-order valence-corrected chi connectivity index (χ2v) is 9.86. The van der Waals surface area contributed by atoms with E-state index in [1.165, 1.54) is 16.8 Å². The van der Waals surface area contributed by atoms with Crippen LogP contribution in [-0.4, -0.2) is 33.4 Å². The van der Waals surface area contributed by atoms with Crippen LogP contribution in [0.15, 0.2) is 71.8 Å². The van der Waals surface area contributed by atoms with Crippen LogP contribution in [0.3, 0.4) is 0 Å². The van der Waals surface area contributed by atoms with E-state index in [1.807, 2.05) is 32.0 Å². The summed E-state index contributed by atoms with van der Waals surface area (Å²) < 4.78 is 31.4. The Balaban J connectivity index is 1.64. The molecule has 0 aliphatic heterocycles. The van der Waals surface area contributed by atoms with Gasteiger partial charge in [-0.1, -0.05) is 18.2 Å². The Morgan fingerprint density at radius 3 is 2.34 bits per heavy atom. The topological polar surface area (TPSA) is 112 Å². The van der Waals surface area contributed by atoms with E-state index in [2.05, 4.69) is 10.5 Å². The maximum Gasteiger partial charge on any atom is 0.271 e. The molecule has 0 aromatic heterocycles. The molecule has 0 radical (unpaired) electrons. The lowest BCUT2D eigenvalue weighted by atomic mass is 10.1. The van der Waals surface area contributed by atoms with Gasteiger partial charge in [-0.2, -0.15) is 10.4 Å². The highest BCUT2D eigenvalue weighted by atomic mass is 32.2. The van der Waals surface area contributed by atoms with Crippen molar-refractivity contribution >= 4 is 27.8 Å². The van der Waals surface area contributed by atoms with Crippen LogP contribution >= 0.6 is 0 Å². The van der Waals surface area contributed by atoms with Crippen molar-refractivity contribution in [1.82, 2.24) is 5.43 Å². The van der Waals surface area contributed by atoms with E-state index in [0.717, 1.165) is 22.3 Å². The zero-order chi connectivity index (χ0) is 25.4. The Morgan fingerprint density at radius 2 is 1.74 bits per heavy atom. The van der Waals surface area contributed by atoms with Crippen LogP contribution in [0, 0.1) is 25.2 Å². The molecule has 0 atom stereocenters. The molecule has 0 unspecified atom stereocenters. The van der Waals surface area contributed by atoms with Gasteiger partial charge in [0.1, 0.15) is 11.8 Å². The minimum atomic E-state index is -3.51. The molecule has 0 saturated carbocycles. The van der Waals surface area contributed by atoms with Crippen LogP contribution in [0.5, 0.6) is 5.75 Å². The molecule has 3 rings (SSSR count). The van der Waals surface area contributed by atoms with Crippen LogP contribution in [0.2, 0.25) is 0 Å². The largest absolute Gasteiger partial charge is 0.479 e. The number of rotatable bonds is 9. The van der Waals surface area contributed by atoms with Gasteiger partial charge >= 0.3 is 0 Å². The van der Waals surface area contributed by atoms with Crippen molar-refractivity contribution in [1.29, 1.82) is 5.26 Å². The zero-order valence-corrected chi connectivity index (χ0v) is 20.5. The van der Waals surface area contributed by atoms with Crippen molar-refractivity contribution in [3.05, 3.63) is 94.5 Å². The van der Waals surface area contributed by atoms with Gasteiger partial charge in [0.05, 0.1) is 24.7 Å². The average molecular weight is 491 g/mol. The number of nitrogens with one attached hydrogen (secondary N) is 1. The number of carbonyl (C=O) groups is 1. The van der Waals surface area contributed by atoms with E-state index in [0.29, 0.717) is 17.0 Å². The highest BCUT2D eigenvalue weighted by Crippen LogP contribution is 2.23. The second-order valence-electron chi connectivity index (χ2n) is 7.95. The van der Waals surface area contributed by atoms with E-state index in [4.69, 9.17) is 10.00 Å². The number of carbonyl (C=O) groups excluding carboxylic acids is 1. The number of ether oxygens (including phenoxy) is 1. The minimum absolute atomic E-state index is 0.0276. The Labute approximate surface area is 205 Å². The lowest BCUT2D eigenvalue weighted by molar-refractivity contribution is 0.0955. The molecule has 0 aliphatic carbocycles. The molecule has 3 aromatic rings. The molecular formula is C26H26N4O4S. The second kappa shape index (κ2) is 11.3. The third-order valence-electron chi connectivity index (χ3n) is 5.28. The predicted molar refractivity (Wildman–Crippen MR) is 136 cm³/mol. The molecule has 0 heterocycles. The molecule has 0 bridgehead atoms. The summed E-state index contributed by atoms with van der Waals surface area (Å²) in [7, 11) is -3.51. The smallest absolute Gasteiger partial charge is 0.271 e. The van der Waals surface area contributed by atoms with Gasteiger partial charge in [0.15, 0.2) is 6.61 Å². The van der Waals surface area contributed by atoms with Gasteiger partial charge in [0.25, 0.3) is 5.91 Å². The number of amides is 1. The maximum absolute atomic E-state index is 12.4. The first-order chi connectivity index (χ1) is 16.7. The molecule has 1 amide bonds. The molecule has 35 heavy (non-hydrogen) atoms. The number of hydrogen-bond acceptors (Lipinski definition) is 6. The van der Waals surface area contributed by atoms with E-state index in [1.54, 1.807) is 54.6 Å². The predicted octanol–water partition coefficient (Wildman–Crippen LogP) is 3.94. The fraction of sp³-hybridized carbons (Fsp3) is 0.192. The average Bonchev–Trinajstić information content (AvgIpc) is 2.83. The van der Waals surface area contributed by atoms with E-state index in [9.17, 15) is 13.2 Å². The Morgan fingerprint density at radius 1 is 1.06 bits per heavy atom. The summed E-state index contributed by atoms with van der Waals surface area (Å²) in [6.45, 7) is 4.03. The summed E-state index contributed by atoms with van der Waals surface area (Å²) in [4.78, 5) is 12.4. The van der Waals surface area contributed by atoms with Crippen molar-refractivity contribution < 1.29 is 17.9 Å². The highest BCUT2D eigenvalue weighted by molar-refractivity contribution is 7.92. The quantitative estimate of drug-likeness (QED) is 0.361. The van der Waals surface area contributed by atoms with Gasteiger partial charge in [0, 0.05) is 5.56 Å². The zero-order valence-electron chi connectivity index (χ0n) is 19.7. The summed E-state index contributed by atoms with van der Waals surface area (Å²) in [5.41, 5.74) is 7.04. The van der Waals surface area contributed by atoms with Gasteiger partial charge in [0.2, 0.25) is 10.0 Å². The first-order valence-electron chi connectivity index (χ1n) is 10.7. The molecule has 0 aliphatic rings. The fourth-order valence-electron chi connectivity index (χ4n) is 3.20. The monoisotopic (exact) mass is 490 g/mol. The third kappa shape index (κ3) is 7.16. The van der Waals surface area contributed by atoms with Crippen LogP contribution in [0.25, 0.3) is 0 Å². The fourth-order valence-corrected chi connectivity index (χ4v) is 4.08. The van der Waals surface area contributed by atoms with Crippen LogP contribution < -0.4 is 14.5 Å². The molecule has 180 valence electrons. The molecule has 0 saturated heterocycles. The maximum atomic E-state index is 12.4. The summed E-state index contributed by atoms with van der Waals surface area (Å²) >= 11 is 0. The number of anilines is 1. The van der Waals surface area contributed by atoms with Gasteiger partial charge in [-0.15, -0.1) is 0 Å². The number of hydrazone groups is 1. The standard InChI is InChI=1S/C26H26N4O4S/c1-19-4-11-24(16-20(19)2)30(35(3,32)33)18-22-5-9-23(10-6-22)26(31)29-28-17-21-7-12-25(13-8-21)34-15-14-27/h4-13,16-17H,15,18H2,1-3H3,(H,29,31)/b28-17-. The SMILES string of the molecule is Cc1ccc(N(Cc2ccc(C(=O)N/N=C\c3ccc(OCC#N)cc3)cc2)S(C)(=O)=O)cc1C. The van der Waals surface area contributed by atoms with Gasteiger partial charge in [-0.25, -0.2) is 13.8 Å². The summed E-state index contributed by atoms with van der Waals surface area (Å²) in [5.74, 6) is 0.177. The van der Waals surface area contributed by atoms with Gasteiger partial charge < -0.3 is 4.74 Å². The molecule has 0 spiro atoms. The van der Waals surface area contributed by atoms with Crippen LogP contribution in [0.4, 0.5) is 5.69 Å². The normalized spacial score (nSPS) is 11.1. The number of nitrogens with zero attached hydrogens (tertiary/aromatic N) is 3. The van der Waals surface area contributed by atoms with Crippen LogP contribution in [0.1, 0.15) is 32.6 Å². The van der Waals surface area contributed by atoms with Gasteiger partial charge in [-0.3, -0.25) is 9.10 Å². The van der Waals surface area contributed by atoms with Crippen molar-refractivity contribution in [3.8, 4) is 11.8 Å². The molecule has 8 nitrogen and oxygen atoms in total. The van der Waals surface area contributed by atoms with Crippen LogP contribution in [-0.2, 0) is 16.6 Å². The third-order valence-corrected chi connectivity index (χ3v) is 6.42. The van der Waals surface area contributed by atoms with Crippen molar-refractivity contribution in [2.24, 2.45) is 5.10 Å². The highest BCUT2D eigenvalue weighted by Gasteiger charge is 2.18. The molecule has 0 fully saturated rings. The molecule has 3 aromatic carbocycles. The van der Waals surface area contributed by atoms with E-state index in [-0.39, 0.29) is 13.2 Å². The lowest BCUT2D eigenvalue weighted by Crippen LogP contribution is -2.29. The summed E-state index contributed by atoms with van der Waals surface area (Å²) in [6, 6.07) is 21.0. The Bertz CT molecular complexity index is 1360. The van der Waals surface area contributed by atoms with Gasteiger partial charge in [-0.05, 0) is 84.6 Å². The minimum Gasteiger partial charge on any atom is -0.479 e. The van der Waals surface area contributed by atoms with Crippen molar-refractivity contribution in [2.45, 2.75) is 20.4 Å².